The molecule has 3 heterocycles. The van der Waals surface area contributed by atoms with Gasteiger partial charge in [-0.05, 0) is 48.0 Å². The van der Waals surface area contributed by atoms with Crippen LogP contribution in [0.15, 0.2) is 186 Å². The number of nitrogens with zero attached hydrogens (tertiary/aromatic N) is 2. The van der Waals surface area contributed by atoms with Crippen LogP contribution in [0, 0.1) is 0 Å². The van der Waals surface area contributed by atoms with Gasteiger partial charge in [0.25, 0.3) is 0 Å². The predicted octanol–water partition coefficient (Wildman–Crippen LogP) is 13.1. The van der Waals surface area contributed by atoms with Crippen LogP contribution < -0.4 is 0 Å². The lowest BCUT2D eigenvalue weighted by Crippen LogP contribution is -1.98. The Morgan fingerprint density at radius 3 is 1.65 bits per heavy atom. The zero-order valence-corrected chi connectivity index (χ0v) is 27.6. The van der Waals surface area contributed by atoms with E-state index >= 15 is 0 Å². The SMILES string of the molecule is c1ccc(-n2c3ccccc3c3c(-c4ccccc4-n4c5ccccc5c5ccccc54)ccc(-c4cccc5c4oc4ccccc45)c32)cc1. The minimum absolute atomic E-state index is 0.900. The number of furan rings is 1. The number of benzene rings is 8. The average Bonchev–Trinajstić information content (AvgIpc) is 3.86. The monoisotopic (exact) mass is 650 g/mol. The molecule has 238 valence electrons. The Labute approximate surface area is 293 Å². The summed E-state index contributed by atoms with van der Waals surface area (Å²) in [4.78, 5) is 0. The minimum atomic E-state index is 0.900. The van der Waals surface area contributed by atoms with Crippen molar-refractivity contribution in [3.8, 4) is 33.6 Å². The van der Waals surface area contributed by atoms with Gasteiger partial charge in [0, 0.05) is 54.7 Å². The summed E-state index contributed by atoms with van der Waals surface area (Å²) in [5, 5.41) is 7.19. The van der Waals surface area contributed by atoms with Gasteiger partial charge < -0.3 is 13.6 Å². The van der Waals surface area contributed by atoms with E-state index in [1.165, 1.54) is 49.2 Å². The van der Waals surface area contributed by atoms with Crippen molar-refractivity contribution < 1.29 is 4.42 Å². The lowest BCUT2D eigenvalue weighted by atomic mass is 9.93. The summed E-state index contributed by atoms with van der Waals surface area (Å²) in [5.41, 5.74) is 13.4. The molecule has 0 fully saturated rings. The fraction of sp³-hybridized carbons (Fsp3) is 0. The first-order valence-corrected chi connectivity index (χ1v) is 17.5. The zero-order chi connectivity index (χ0) is 33.5. The average molecular weight is 651 g/mol. The first-order chi connectivity index (χ1) is 25.3. The van der Waals surface area contributed by atoms with Crippen LogP contribution in [0.25, 0.3) is 99.2 Å². The van der Waals surface area contributed by atoms with Gasteiger partial charge in [0.2, 0.25) is 0 Å². The number of fused-ring (bicyclic) bond motifs is 9. The largest absolute Gasteiger partial charge is 0.455 e. The summed E-state index contributed by atoms with van der Waals surface area (Å²) in [6.45, 7) is 0. The Kier molecular flexibility index (Phi) is 5.96. The van der Waals surface area contributed by atoms with Crippen molar-refractivity contribution in [1.82, 2.24) is 9.13 Å². The van der Waals surface area contributed by atoms with Gasteiger partial charge in [-0.1, -0.05) is 140 Å². The molecule has 51 heavy (non-hydrogen) atoms. The highest BCUT2D eigenvalue weighted by molar-refractivity contribution is 6.22. The molecule has 0 bridgehead atoms. The van der Waals surface area contributed by atoms with Crippen molar-refractivity contribution in [1.29, 1.82) is 0 Å². The maximum Gasteiger partial charge on any atom is 0.143 e. The number of aromatic nitrogens is 2. The van der Waals surface area contributed by atoms with E-state index < -0.39 is 0 Å². The molecule has 0 aliphatic carbocycles. The molecule has 8 aromatic carbocycles. The fourth-order valence-corrected chi connectivity index (χ4v) is 8.42. The first kappa shape index (κ1) is 28.0. The van der Waals surface area contributed by atoms with Crippen LogP contribution >= 0.6 is 0 Å². The molecule has 0 spiro atoms. The van der Waals surface area contributed by atoms with E-state index in [0.717, 1.165) is 50.0 Å². The molecule has 3 nitrogen and oxygen atoms in total. The third-order valence-corrected chi connectivity index (χ3v) is 10.5. The fourth-order valence-electron chi connectivity index (χ4n) is 8.42. The highest BCUT2D eigenvalue weighted by Gasteiger charge is 2.24. The normalized spacial score (nSPS) is 11.9. The maximum absolute atomic E-state index is 6.66. The van der Waals surface area contributed by atoms with E-state index in [9.17, 15) is 0 Å². The lowest BCUT2D eigenvalue weighted by Gasteiger charge is -2.17. The highest BCUT2D eigenvalue weighted by atomic mass is 16.3. The summed E-state index contributed by atoms with van der Waals surface area (Å²) in [6, 6.07) is 65.4. The molecular weight excluding hydrogens is 621 g/mol. The van der Waals surface area contributed by atoms with Crippen LogP contribution in [0.5, 0.6) is 0 Å². The molecule has 11 aromatic rings. The molecule has 0 unspecified atom stereocenters. The number of hydrogen-bond acceptors (Lipinski definition) is 1. The summed E-state index contributed by atoms with van der Waals surface area (Å²) in [5.74, 6) is 0. The van der Waals surface area contributed by atoms with Crippen molar-refractivity contribution in [3.63, 3.8) is 0 Å². The number of hydrogen-bond donors (Lipinski definition) is 0. The van der Waals surface area contributed by atoms with Crippen LogP contribution in [0.1, 0.15) is 0 Å². The first-order valence-electron chi connectivity index (χ1n) is 17.5. The van der Waals surface area contributed by atoms with Gasteiger partial charge in [-0.15, -0.1) is 0 Å². The lowest BCUT2D eigenvalue weighted by molar-refractivity contribution is 0.670. The Bertz CT molecular complexity index is 3090. The van der Waals surface area contributed by atoms with Crippen LogP contribution in [-0.2, 0) is 0 Å². The molecule has 0 aliphatic heterocycles. The van der Waals surface area contributed by atoms with E-state index in [0.29, 0.717) is 0 Å². The molecule has 0 atom stereocenters. The van der Waals surface area contributed by atoms with Crippen molar-refractivity contribution in [2.45, 2.75) is 0 Å². The standard InChI is InChI=1S/C48H30N2O/c1-2-15-31(16-3-1)49-44-27-12-7-21-40(44)46-36(29-30-37(47(46)49)39-23-14-22-38-35-20-8-13-28-45(35)51-48(38)39)34-19-6-11-26-43(34)50-41-24-9-4-17-32(41)33-18-5-10-25-42(33)50/h1-30H. The zero-order valence-electron chi connectivity index (χ0n) is 27.6. The van der Waals surface area contributed by atoms with Gasteiger partial charge in [-0.2, -0.15) is 0 Å². The summed E-state index contributed by atoms with van der Waals surface area (Å²) in [7, 11) is 0. The van der Waals surface area contributed by atoms with Gasteiger partial charge in [0.1, 0.15) is 11.2 Å². The molecule has 0 saturated heterocycles. The molecular formula is C48H30N2O. The van der Waals surface area contributed by atoms with Crippen LogP contribution in [-0.4, -0.2) is 9.13 Å². The van der Waals surface area contributed by atoms with Crippen LogP contribution in [0.4, 0.5) is 0 Å². The maximum atomic E-state index is 6.66. The summed E-state index contributed by atoms with van der Waals surface area (Å²) < 4.78 is 11.5. The van der Waals surface area contributed by atoms with E-state index in [-0.39, 0.29) is 0 Å². The second-order valence-corrected chi connectivity index (χ2v) is 13.2. The second kappa shape index (κ2) is 10.8. The van der Waals surface area contributed by atoms with E-state index in [4.69, 9.17) is 4.42 Å². The smallest absolute Gasteiger partial charge is 0.143 e. The number of para-hydroxylation sites is 7. The molecule has 3 heteroatoms. The van der Waals surface area contributed by atoms with Gasteiger partial charge in [-0.25, -0.2) is 0 Å². The Balaban J connectivity index is 1.29. The third-order valence-electron chi connectivity index (χ3n) is 10.5. The molecule has 0 amide bonds. The predicted molar refractivity (Wildman–Crippen MR) is 213 cm³/mol. The molecule has 3 aromatic heterocycles. The second-order valence-electron chi connectivity index (χ2n) is 13.2. The van der Waals surface area contributed by atoms with E-state index in [1.807, 2.05) is 6.07 Å². The Hall–Kier alpha value is -6.84. The molecule has 11 rings (SSSR count). The van der Waals surface area contributed by atoms with Gasteiger partial charge in [0.15, 0.2) is 0 Å². The van der Waals surface area contributed by atoms with Gasteiger partial charge in [0.05, 0.1) is 27.8 Å². The highest BCUT2D eigenvalue weighted by Crippen LogP contribution is 2.47. The van der Waals surface area contributed by atoms with Crippen molar-refractivity contribution >= 4 is 65.6 Å². The summed E-state index contributed by atoms with van der Waals surface area (Å²) in [6.07, 6.45) is 0. The molecule has 0 radical (unpaired) electrons. The van der Waals surface area contributed by atoms with Crippen molar-refractivity contribution in [2.24, 2.45) is 0 Å². The van der Waals surface area contributed by atoms with Crippen molar-refractivity contribution in [2.75, 3.05) is 0 Å². The Morgan fingerprint density at radius 1 is 0.333 bits per heavy atom. The quantitative estimate of drug-likeness (QED) is 0.186. The van der Waals surface area contributed by atoms with Crippen LogP contribution in [0.2, 0.25) is 0 Å². The topological polar surface area (TPSA) is 23.0 Å². The number of rotatable bonds is 4. The van der Waals surface area contributed by atoms with E-state index in [2.05, 4.69) is 185 Å². The molecule has 0 aliphatic rings. The van der Waals surface area contributed by atoms with E-state index in [1.54, 1.807) is 0 Å². The summed E-state index contributed by atoms with van der Waals surface area (Å²) >= 11 is 0. The minimum Gasteiger partial charge on any atom is -0.455 e. The van der Waals surface area contributed by atoms with Crippen LogP contribution in [0.3, 0.4) is 0 Å². The molecule has 0 saturated carbocycles. The molecule has 0 N–H and O–H groups in total. The third kappa shape index (κ3) is 4.00. The van der Waals surface area contributed by atoms with Gasteiger partial charge in [-0.3, -0.25) is 0 Å². The van der Waals surface area contributed by atoms with Gasteiger partial charge >= 0.3 is 0 Å². The van der Waals surface area contributed by atoms with Crippen molar-refractivity contribution in [3.05, 3.63) is 182 Å². The Morgan fingerprint density at radius 2 is 0.882 bits per heavy atom.